The molecule has 1 N–H and O–H groups in total. The van der Waals surface area contributed by atoms with Crippen molar-refractivity contribution >= 4 is 5.91 Å². The predicted molar refractivity (Wildman–Crippen MR) is 91.4 cm³/mol. The highest BCUT2D eigenvalue weighted by atomic mass is 16.5. The summed E-state index contributed by atoms with van der Waals surface area (Å²) in [5, 5.41) is 3.27. The van der Waals surface area contributed by atoms with Gasteiger partial charge in [0.05, 0.1) is 12.6 Å². The van der Waals surface area contributed by atoms with Gasteiger partial charge < -0.3 is 10.1 Å². The fourth-order valence-corrected chi connectivity index (χ4v) is 4.19. The van der Waals surface area contributed by atoms with Gasteiger partial charge in [-0.15, -0.1) is 0 Å². The van der Waals surface area contributed by atoms with E-state index in [1.165, 1.54) is 32.1 Å². The maximum atomic E-state index is 12.3. The van der Waals surface area contributed by atoms with E-state index >= 15 is 0 Å². The minimum atomic E-state index is 0.219. The second-order valence-corrected chi connectivity index (χ2v) is 7.65. The zero-order valence-corrected chi connectivity index (χ0v) is 14.6. The van der Waals surface area contributed by atoms with Crippen molar-refractivity contribution in [1.29, 1.82) is 0 Å². The first-order valence-electron chi connectivity index (χ1n) is 9.56. The maximum absolute atomic E-state index is 12.3. The van der Waals surface area contributed by atoms with Crippen LogP contribution in [0.5, 0.6) is 0 Å². The molecule has 0 aromatic carbocycles. The molecule has 0 aromatic rings. The third-order valence-corrected chi connectivity index (χ3v) is 5.78. The van der Waals surface area contributed by atoms with Gasteiger partial charge in [0.1, 0.15) is 0 Å². The Morgan fingerprint density at radius 1 is 1.04 bits per heavy atom. The SMILES string of the molecule is CC1CCCCC1NC(=O)CN1CCN(CC2CCCO2)CC1. The molecule has 1 saturated carbocycles. The molecule has 5 nitrogen and oxygen atoms in total. The highest BCUT2D eigenvalue weighted by Gasteiger charge is 2.26. The number of ether oxygens (including phenoxy) is 1. The van der Waals surface area contributed by atoms with Crippen LogP contribution in [-0.2, 0) is 9.53 Å². The third kappa shape index (κ3) is 5.16. The summed E-state index contributed by atoms with van der Waals surface area (Å²) in [6.45, 7) is 8.97. The number of nitrogens with zero attached hydrogens (tertiary/aromatic N) is 2. The Hall–Kier alpha value is -0.650. The van der Waals surface area contributed by atoms with Crippen molar-refractivity contribution < 1.29 is 9.53 Å². The quantitative estimate of drug-likeness (QED) is 0.832. The Balaban J connectivity index is 1.34. The van der Waals surface area contributed by atoms with Gasteiger partial charge in [-0.05, 0) is 31.6 Å². The lowest BCUT2D eigenvalue weighted by atomic mass is 9.86. The van der Waals surface area contributed by atoms with Crippen molar-refractivity contribution in [1.82, 2.24) is 15.1 Å². The van der Waals surface area contributed by atoms with Crippen molar-refractivity contribution in [2.45, 2.75) is 57.6 Å². The lowest BCUT2D eigenvalue weighted by molar-refractivity contribution is -0.124. The molecule has 1 amide bonds. The molecule has 1 aliphatic carbocycles. The van der Waals surface area contributed by atoms with Crippen LogP contribution in [0.3, 0.4) is 0 Å². The average molecular weight is 323 g/mol. The molecule has 3 aliphatic rings. The van der Waals surface area contributed by atoms with Crippen LogP contribution in [0.2, 0.25) is 0 Å². The first-order chi connectivity index (χ1) is 11.2. The van der Waals surface area contributed by atoms with E-state index in [4.69, 9.17) is 4.74 Å². The molecular weight excluding hydrogens is 290 g/mol. The standard InChI is InChI=1S/C18H33N3O2/c1-15-5-2-3-7-17(15)19-18(22)14-21-10-8-20(9-11-21)13-16-6-4-12-23-16/h15-17H,2-14H2,1H3,(H,19,22). The molecule has 0 spiro atoms. The van der Waals surface area contributed by atoms with Gasteiger partial charge in [-0.1, -0.05) is 19.8 Å². The van der Waals surface area contributed by atoms with Crippen LogP contribution in [0.25, 0.3) is 0 Å². The maximum Gasteiger partial charge on any atom is 0.234 e. The van der Waals surface area contributed by atoms with Gasteiger partial charge in [-0.3, -0.25) is 14.6 Å². The van der Waals surface area contributed by atoms with Gasteiger partial charge >= 0.3 is 0 Å². The number of hydrogen-bond acceptors (Lipinski definition) is 4. The number of carbonyl (C=O) groups excluding carboxylic acids is 1. The van der Waals surface area contributed by atoms with Crippen molar-refractivity contribution in [2.24, 2.45) is 5.92 Å². The van der Waals surface area contributed by atoms with E-state index in [1.807, 2.05) is 0 Å². The van der Waals surface area contributed by atoms with E-state index in [1.54, 1.807) is 0 Å². The number of hydrogen-bond donors (Lipinski definition) is 1. The van der Waals surface area contributed by atoms with Crippen LogP contribution < -0.4 is 5.32 Å². The molecule has 3 rings (SSSR count). The predicted octanol–water partition coefficient (Wildman–Crippen LogP) is 1.48. The van der Waals surface area contributed by atoms with Gasteiger partial charge in [0.25, 0.3) is 0 Å². The Morgan fingerprint density at radius 3 is 2.48 bits per heavy atom. The van der Waals surface area contributed by atoms with Gasteiger partial charge in [-0.25, -0.2) is 0 Å². The van der Waals surface area contributed by atoms with E-state index in [-0.39, 0.29) is 5.91 Å². The largest absolute Gasteiger partial charge is 0.377 e. The number of rotatable bonds is 5. The second-order valence-electron chi connectivity index (χ2n) is 7.65. The van der Waals surface area contributed by atoms with Crippen LogP contribution >= 0.6 is 0 Å². The van der Waals surface area contributed by atoms with E-state index in [2.05, 4.69) is 22.0 Å². The Kier molecular flexibility index (Phi) is 6.31. The zero-order valence-electron chi connectivity index (χ0n) is 14.6. The first-order valence-corrected chi connectivity index (χ1v) is 9.56. The van der Waals surface area contributed by atoms with Crippen molar-refractivity contribution in [3.8, 4) is 0 Å². The summed E-state index contributed by atoms with van der Waals surface area (Å²) in [5.41, 5.74) is 0. The van der Waals surface area contributed by atoms with Gasteiger partial charge in [0.15, 0.2) is 0 Å². The Bertz CT molecular complexity index is 376. The lowest BCUT2D eigenvalue weighted by Gasteiger charge is -2.36. The van der Waals surface area contributed by atoms with Crippen LogP contribution in [0.4, 0.5) is 0 Å². The minimum absolute atomic E-state index is 0.219. The monoisotopic (exact) mass is 323 g/mol. The van der Waals surface area contributed by atoms with Gasteiger partial charge in [-0.2, -0.15) is 0 Å². The zero-order chi connectivity index (χ0) is 16.1. The lowest BCUT2D eigenvalue weighted by Crippen LogP contribution is -2.52. The van der Waals surface area contributed by atoms with E-state index < -0.39 is 0 Å². The van der Waals surface area contributed by atoms with Crippen LogP contribution in [0.15, 0.2) is 0 Å². The van der Waals surface area contributed by atoms with E-state index in [0.29, 0.717) is 24.6 Å². The Labute approximate surface area is 140 Å². The summed E-state index contributed by atoms with van der Waals surface area (Å²) in [6.07, 6.45) is 7.86. The topological polar surface area (TPSA) is 44.8 Å². The van der Waals surface area contributed by atoms with Crippen LogP contribution in [0, 0.1) is 5.92 Å². The molecule has 23 heavy (non-hydrogen) atoms. The summed E-state index contributed by atoms with van der Waals surface area (Å²) in [4.78, 5) is 17.1. The van der Waals surface area contributed by atoms with Crippen molar-refractivity contribution in [2.75, 3.05) is 45.9 Å². The molecule has 0 radical (unpaired) electrons. The third-order valence-electron chi connectivity index (χ3n) is 5.78. The Morgan fingerprint density at radius 2 is 1.78 bits per heavy atom. The normalized spacial score (nSPS) is 33.7. The molecule has 5 heteroatoms. The summed E-state index contributed by atoms with van der Waals surface area (Å²) >= 11 is 0. The highest BCUT2D eigenvalue weighted by molar-refractivity contribution is 5.78. The molecule has 132 valence electrons. The molecule has 3 unspecified atom stereocenters. The average Bonchev–Trinajstić information content (AvgIpc) is 3.04. The fourth-order valence-electron chi connectivity index (χ4n) is 4.19. The molecule has 3 fully saturated rings. The summed E-state index contributed by atoms with van der Waals surface area (Å²) in [7, 11) is 0. The highest BCUT2D eigenvalue weighted by Crippen LogP contribution is 2.23. The number of carbonyl (C=O) groups is 1. The molecular formula is C18H33N3O2. The molecule has 3 atom stereocenters. The molecule has 0 bridgehead atoms. The molecule has 2 heterocycles. The van der Waals surface area contributed by atoms with E-state index in [0.717, 1.165) is 45.8 Å². The summed E-state index contributed by atoms with van der Waals surface area (Å²) in [6, 6.07) is 0.400. The number of nitrogens with one attached hydrogen (secondary N) is 1. The summed E-state index contributed by atoms with van der Waals surface area (Å²) in [5.74, 6) is 0.854. The molecule has 0 aromatic heterocycles. The summed E-state index contributed by atoms with van der Waals surface area (Å²) < 4.78 is 5.72. The number of piperazine rings is 1. The van der Waals surface area contributed by atoms with Crippen LogP contribution in [0.1, 0.15) is 45.4 Å². The number of amides is 1. The molecule has 2 aliphatic heterocycles. The fraction of sp³-hybridized carbons (Fsp3) is 0.944. The first kappa shape index (κ1) is 17.2. The van der Waals surface area contributed by atoms with Gasteiger partial charge in [0.2, 0.25) is 5.91 Å². The van der Waals surface area contributed by atoms with Crippen LogP contribution in [-0.4, -0.2) is 73.7 Å². The molecule has 2 saturated heterocycles. The van der Waals surface area contributed by atoms with E-state index in [9.17, 15) is 4.79 Å². The van der Waals surface area contributed by atoms with Gasteiger partial charge in [0, 0.05) is 45.4 Å². The second kappa shape index (κ2) is 8.45. The van der Waals surface area contributed by atoms with Crippen molar-refractivity contribution in [3.63, 3.8) is 0 Å². The smallest absolute Gasteiger partial charge is 0.234 e. The van der Waals surface area contributed by atoms with Crippen molar-refractivity contribution in [3.05, 3.63) is 0 Å². The minimum Gasteiger partial charge on any atom is -0.377 e.